The second-order valence-corrected chi connectivity index (χ2v) is 12.9. The highest BCUT2D eigenvalue weighted by Gasteiger charge is 2.17. The lowest BCUT2D eigenvalue weighted by atomic mass is 10.0. The van der Waals surface area contributed by atoms with E-state index in [-0.39, 0.29) is 12.8 Å². The van der Waals surface area contributed by atoms with E-state index in [2.05, 4.69) is 13.8 Å². The number of unbranched alkanes of at least 4 members (excludes halogenated alkanes) is 28. The molecule has 0 radical (unpaired) electrons. The van der Waals surface area contributed by atoms with E-state index in [1.165, 1.54) is 154 Å². The lowest BCUT2D eigenvalue weighted by Crippen LogP contribution is -2.25. The molecule has 5 heteroatoms. The number of aldehydes is 1. The topological polar surface area (TPSA) is 69.7 Å². The first-order valence-corrected chi connectivity index (χ1v) is 19.0. The normalized spacial score (nSPS) is 11.2. The summed E-state index contributed by atoms with van der Waals surface area (Å²) in [5, 5.41) is 0. The van der Waals surface area contributed by atoms with Gasteiger partial charge in [0.2, 0.25) is 6.29 Å². The molecule has 0 N–H and O–H groups in total. The molecule has 0 heterocycles. The average Bonchev–Trinajstić information content (AvgIpc) is 3.00. The number of rotatable bonds is 35. The Morgan fingerprint density at radius 1 is 0.395 bits per heavy atom. The molecule has 5 nitrogen and oxygen atoms in total. The lowest BCUT2D eigenvalue weighted by Gasteiger charge is -2.13. The third-order valence-electron chi connectivity index (χ3n) is 8.58. The van der Waals surface area contributed by atoms with Gasteiger partial charge in [-0.1, -0.05) is 194 Å². The lowest BCUT2D eigenvalue weighted by molar-refractivity contribution is -0.187. The van der Waals surface area contributed by atoms with Gasteiger partial charge in [-0.25, -0.2) is 0 Å². The maximum absolute atomic E-state index is 12.1. The van der Waals surface area contributed by atoms with Crippen molar-refractivity contribution in [3.8, 4) is 0 Å². The van der Waals surface area contributed by atoms with Gasteiger partial charge in [0.1, 0.15) is 0 Å². The van der Waals surface area contributed by atoms with Gasteiger partial charge in [0, 0.05) is 12.8 Å². The van der Waals surface area contributed by atoms with E-state index in [9.17, 15) is 14.4 Å². The van der Waals surface area contributed by atoms with Crippen LogP contribution in [0.25, 0.3) is 0 Å². The van der Waals surface area contributed by atoms with E-state index in [1.807, 2.05) is 0 Å². The molecule has 254 valence electrons. The highest BCUT2D eigenvalue weighted by molar-refractivity contribution is 5.75. The van der Waals surface area contributed by atoms with Gasteiger partial charge in [-0.3, -0.25) is 14.4 Å². The zero-order valence-corrected chi connectivity index (χ0v) is 28.8. The molecule has 43 heavy (non-hydrogen) atoms. The first kappa shape index (κ1) is 41.6. The second kappa shape index (κ2) is 35.1. The zero-order chi connectivity index (χ0) is 31.5. The predicted octanol–water partition coefficient (Wildman–Crippen LogP) is 12.1. The van der Waals surface area contributed by atoms with Crippen LogP contribution in [0.15, 0.2) is 0 Å². The van der Waals surface area contributed by atoms with Gasteiger partial charge >= 0.3 is 18.2 Å². The largest absolute Gasteiger partial charge is 0.418 e. The molecule has 0 saturated heterocycles. The van der Waals surface area contributed by atoms with Crippen molar-refractivity contribution in [2.24, 2.45) is 0 Å². The van der Waals surface area contributed by atoms with Gasteiger partial charge < -0.3 is 9.47 Å². The monoisotopic (exact) mass is 609 g/mol. The SMILES string of the molecule is CCCCCCCCCCCCCCCCCC(=O)OC(C=O)OC(=O)CCCCCCCCCCCCCCCCC. The summed E-state index contributed by atoms with van der Waals surface area (Å²) in [6, 6.07) is 0. The molecular formula is C38H72O5. The van der Waals surface area contributed by atoms with Crippen molar-refractivity contribution in [1.29, 1.82) is 0 Å². The van der Waals surface area contributed by atoms with Crippen LogP contribution in [0.4, 0.5) is 0 Å². The van der Waals surface area contributed by atoms with E-state index >= 15 is 0 Å². The van der Waals surface area contributed by atoms with E-state index < -0.39 is 18.2 Å². The van der Waals surface area contributed by atoms with Crippen LogP contribution in [-0.2, 0) is 23.9 Å². The summed E-state index contributed by atoms with van der Waals surface area (Å²) in [6.45, 7) is 4.53. The Labute approximate surface area is 267 Å². The number of carbonyl (C=O) groups is 3. The molecule has 0 fully saturated rings. The van der Waals surface area contributed by atoms with Crippen molar-refractivity contribution < 1.29 is 23.9 Å². The van der Waals surface area contributed by atoms with Gasteiger partial charge in [-0.15, -0.1) is 0 Å². The molecule has 0 atom stereocenters. The molecule has 0 aromatic heterocycles. The third kappa shape index (κ3) is 33.3. The summed E-state index contributed by atoms with van der Waals surface area (Å²) in [5.74, 6) is -0.932. The first-order chi connectivity index (χ1) is 21.1. The summed E-state index contributed by atoms with van der Waals surface area (Å²) in [5.41, 5.74) is 0. The Morgan fingerprint density at radius 3 is 0.814 bits per heavy atom. The number of ether oxygens (including phenoxy) is 2. The quantitative estimate of drug-likeness (QED) is 0.0310. The Bertz CT molecular complexity index is 557. The van der Waals surface area contributed by atoms with E-state index in [0.29, 0.717) is 6.29 Å². The average molecular weight is 609 g/mol. The molecule has 0 aliphatic rings. The van der Waals surface area contributed by atoms with Gasteiger partial charge in [-0.2, -0.15) is 0 Å². The second-order valence-electron chi connectivity index (χ2n) is 12.9. The van der Waals surface area contributed by atoms with Crippen LogP contribution < -0.4 is 0 Å². The van der Waals surface area contributed by atoms with Crippen molar-refractivity contribution in [3.63, 3.8) is 0 Å². The summed E-state index contributed by atoms with van der Waals surface area (Å²) >= 11 is 0. The molecule has 0 aromatic rings. The summed E-state index contributed by atoms with van der Waals surface area (Å²) < 4.78 is 10.1. The van der Waals surface area contributed by atoms with Crippen molar-refractivity contribution in [3.05, 3.63) is 0 Å². The maximum Gasteiger partial charge on any atom is 0.309 e. The number of hydrogen-bond acceptors (Lipinski definition) is 5. The highest BCUT2D eigenvalue weighted by Crippen LogP contribution is 2.16. The number of esters is 2. The van der Waals surface area contributed by atoms with Crippen molar-refractivity contribution in [2.45, 2.75) is 226 Å². The fraction of sp³-hybridized carbons (Fsp3) is 0.921. The fourth-order valence-electron chi connectivity index (χ4n) is 5.74. The Balaban J connectivity index is 3.51. The minimum atomic E-state index is -1.41. The zero-order valence-electron chi connectivity index (χ0n) is 28.8. The molecule has 0 aliphatic heterocycles. The predicted molar refractivity (Wildman–Crippen MR) is 181 cm³/mol. The van der Waals surface area contributed by atoms with E-state index in [0.717, 1.165) is 38.5 Å². The molecule has 0 unspecified atom stereocenters. The molecule has 0 aliphatic carbocycles. The van der Waals surface area contributed by atoms with Gasteiger partial charge in [-0.05, 0) is 12.8 Å². The molecule has 0 spiro atoms. The standard InChI is InChI=1S/C38H72O5/c1-3-5-7-9-11-13-15-17-19-21-23-25-27-29-31-33-36(40)42-38(35-39)43-37(41)34-32-30-28-26-24-22-20-18-16-14-12-10-8-6-4-2/h35,38H,3-34H2,1-2H3. The van der Waals surface area contributed by atoms with E-state index in [1.54, 1.807) is 0 Å². The molecule has 0 amide bonds. The van der Waals surface area contributed by atoms with Crippen LogP contribution in [0.2, 0.25) is 0 Å². The van der Waals surface area contributed by atoms with E-state index in [4.69, 9.17) is 9.47 Å². The Kier molecular flexibility index (Phi) is 34.0. The number of carbonyl (C=O) groups excluding carboxylic acids is 3. The first-order valence-electron chi connectivity index (χ1n) is 19.0. The van der Waals surface area contributed by atoms with Crippen molar-refractivity contribution >= 4 is 18.2 Å². The number of hydrogen-bond donors (Lipinski definition) is 0. The van der Waals surface area contributed by atoms with Crippen LogP contribution in [0.1, 0.15) is 219 Å². The van der Waals surface area contributed by atoms with Crippen LogP contribution in [0.5, 0.6) is 0 Å². The van der Waals surface area contributed by atoms with Gasteiger partial charge in [0.25, 0.3) is 0 Å². The molecule has 0 bridgehead atoms. The molecule has 0 rings (SSSR count). The van der Waals surface area contributed by atoms with Crippen LogP contribution in [0, 0.1) is 0 Å². The molecule has 0 aromatic carbocycles. The Morgan fingerprint density at radius 2 is 0.605 bits per heavy atom. The van der Waals surface area contributed by atoms with Gasteiger partial charge in [0.05, 0.1) is 0 Å². The third-order valence-corrected chi connectivity index (χ3v) is 8.58. The minimum absolute atomic E-state index is 0.263. The minimum Gasteiger partial charge on any atom is -0.418 e. The van der Waals surface area contributed by atoms with Crippen molar-refractivity contribution in [2.75, 3.05) is 0 Å². The van der Waals surface area contributed by atoms with Gasteiger partial charge in [0.15, 0.2) is 0 Å². The highest BCUT2D eigenvalue weighted by atomic mass is 16.7. The molecule has 0 saturated carbocycles. The van der Waals surface area contributed by atoms with Crippen LogP contribution in [0.3, 0.4) is 0 Å². The molecular weight excluding hydrogens is 536 g/mol. The summed E-state index contributed by atoms with van der Waals surface area (Å²) in [4.78, 5) is 35.4. The van der Waals surface area contributed by atoms with Crippen LogP contribution >= 0.6 is 0 Å². The van der Waals surface area contributed by atoms with Crippen LogP contribution in [-0.4, -0.2) is 24.5 Å². The Hall–Kier alpha value is -1.39. The summed E-state index contributed by atoms with van der Waals surface area (Å²) in [7, 11) is 0. The fourth-order valence-corrected chi connectivity index (χ4v) is 5.74. The summed E-state index contributed by atoms with van der Waals surface area (Å²) in [6.07, 6.45) is 37.6. The smallest absolute Gasteiger partial charge is 0.309 e. The maximum atomic E-state index is 12.1. The van der Waals surface area contributed by atoms with Crippen molar-refractivity contribution in [1.82, 2.24) is 0 Å².